The highest BCUT2D eigenvalue weighted by molar-refractivity contribution is 5.81. The van der Waals surface area contributed by atoms with E-state index in [2.05, 4.69) is 0 Å². The van der Waals surface area contributed by atoms with Gasteiger partial charge in [-0.1, -0.05) is 12.1 Å². The van der Waals surface area contributed by atoms with Crippen molar-refractivity contribution in [1.29, 1.82) is 0 Å². The second-order valence-electron chi connectivity index (χ2n) is 3.61. The summed E-state index contributed by atoms with van der Waals surface area (Å²) >= 11 is 0. The average Bonchev–Trinajstić information content (AvgIpc) is 2.16. The summed E-state index contributed by atoms with van der Waals surface area (Å²) in [6.45, 7) is 1.81. The van der Waals surface area contributed by atoms with Gasteiger partial charge in [-0.05, 0) is 24.6 Å². The molecule has 2 N–H and O–H groups in total. The van der Waals surface area contributed by atoms with E-state index in [1.807, 2.05) is 50.2 Å². The van der Waals surface area contributed by atoms with Gasteiger partial charge in [0.2, 0.25) is 5.91 Å². The van der Waals surface area contributed by atoms with Gasteiger partial charge in [0.1, 0.15) is 0 Å². The molecule has 0 spiro atoms. The minimum absolute atomic E-state index is 0.216. The monoisotopic (exact) mass is 192 g/mol. The first-order valence-electron chi connectivity index (χ1n) is 4.59. The van der Waals surface area contributed by atoms with Crippen LogP contribution in [0.5, 0.6) is 0 Å². The van der Waals surface area contributed by atoms with E-state index >= 15 is 0 Å². The number of carbonyl (C=O) groups excluding carboxylic acids is 1. The molecule has 1 aromatic carbocycles. The summed E-state index contributed by atoms with van der Waals surface area (Å²) in [6, 6.07) is 7.83. The maximum absolute atomic E-state index is 10.9. The zero-order valence-corrected chi connectivity index (χ0v) is 8.82. The molecule has 76 valence electrons. The lowest BCUT2D eigenvalue weighted by Gasteiger charge is -2.14. The predicted octanol–water partition coefficient (Wildman–Crippen LogP) is 1.34. The largest absolute Gasteiger partial charge is 0.378 e. The fraction of sp³-hybridized carbons (Fsp3) is 0.364. The lowest BCUT2D eigenvalue weighted by Crippen LogP contribution is -2.18. The number of nitrogens with zero attached hydrogens (tertiary/aromatic N) is 1. The molecule has 0 aliphatic carbocycles. The smallest absolute Gasteiger partial charge is 0.224 e. The molecule has 0 aromatic heterocycles. The Morgan fingerprint density at radius 2 is 1.79 bits per heavy atom. The molecular formula is C11H16N2O. The predicted molar refractivity (Wildman–Crippen MR) is 58.4 cm³/mol. The minimum atomic E-state index is -0.289. The molecule has 0 radical (unpaired) electrons. The number of nitrogens with two attached hydrogens (primary N) is 1. The fourth-order valence-corrected chi connectivity index (χ4v) is 1.23. The summed E-state index contributed by atoms with van der Waals surface area (Å²) in [5.41, 5.74) is 7.29. The molecular weight excluding hydrogens is 176 g/mol. The molecule has 0 aliphatic rings. The SMILES string of the molecule is CC(C(N)=O)c1ccc(N(C)C)cc1. The maximum Gasteiger partial charge on any atom is 0.224 e. The van der Waals surface area contributed by atoms with Crippen LogP contribution in [-0.4, -0.2) is 20.0 Å². The molecule has 0 aliphatic heterocycles. The lowest BCUT2D eigenvalue weighted by atomic mass is 10.0. The molecule has 0 fully saturated rings. The average molecular weight is 192 g/mol. The fourth-order valence-electron chi connectivity index (χ4n) is 1.23. The quantitative estimate of drug-likeness (QED) is 0.785. The van der Waals surface area contributed by atoms with E-state index < -0.39 is 0 Å². The van der Waals surface area contributed by atoms with Crippen molar-refractivity contribution in [2.75, 3.05) is 19.0 Å². The second kappa shape index (κ2) is 4.13. The Hall–Kier alpha value is -1.51. The van der Waals surface area contributed by atoms with E-state index in [9.17, 15) is 4.79 Å². The van der Waals surface area contributed by atoms with Gasteiger partial charge in [0, 0.05) is 19.8 Å². The van der Waals surface area contributed by atoms with Crippen LogP contribution in [-0.2, 0) is 4.79 Å². The Kier molecular flexibility index (Phi) is 3.12. The molecule has 1 amide bonds. The van der Waals surface area contributed by atoms with E-state index in [0.29, 0.717) is 0 Å². The van der Waals surface area contributed by atoms with Gasteiger partial charge in [-0.25, -0.2) is 0 Å². The van der Waals surface area contributed by atoms with Crippen molar-refractivity contribution in [3.05, 3.63) is 29.8 Å². The van der Waals surface area contributed by atoms with Crippen LogP contribution in [0.2, 0.25) is 0 Å². The van der Waals surface area contributed by atoms with Crippen molar-refractivity contribution >= 4 is 11.6 Å². The van der Waals surface area contributed by atoms with Crippen LogP contribution in [0.15, 0.2) is 24.3 Å². The first-order valence-corrected chi connectivity index (χ1v) is 4.59. The van der Waals surface area contributed by atoms with Gasteiger partial charge in [-0.2, -0.15) is 0 Å². The van der Waals surface area contributed by atoms with E-state index in [4.69, 9.17) is 5.73 Å². The number of benzene rings is 1. The second-order valence-corrected chi connectivity index (χ2v) is 3.61. The third-order valence-electron chi connectivity index (χ3n) is 2.34. The third kappa shape index (κ3) is 2.25. The number of hydrogen-bond acceptors (Lipinski definition) is 2. The maximum atomic E-state index is 10.9. The molecule has 0 saturated heterocycles. The zero-order valence-electron chi connectivity index (χ0n) is 8.82. The number of rotatable bonds is 3. The van der Waals surface area contributed by atoms with Gasteiger partial charge < -0.3 is 10.6 Å². The van der Waals surface area contributed by atoms with Crippen molar-refractivity contribution < 1.29 is 4.79 Å². The Morgan fingerprint density at radius 3 is 2.14 bits per heavy atom. The van der Waals surface area contributed by atoms with Gasteiger partial charge >= 0.3 is 0 Å². The summed E-state index contributed by atoms with van der Waals surface area (Å²) in [5.74, 6) is -0.506. The molecule has 3 nitrogen and oxygen atoms in total. The molecule has 0 bridgehead atoms. The number of amides is 1. The molecule has 1 unspecified atom stereocenters. The van der Waals surface area contributed by atoms with Gasteiger partial charge in [0.05, 0.1) is 5.92 Å². The van der Waals surface area contributed by atoms with Gasteiger partial charge in [-0.3, -0.25) is 4.79 Å². The van der Waals surface area contributed by atoms with Crippen LogP contribution in [0.25, 0.3) is 0 Å². The number of anilines is 1. The van der Waals surface area contributed by atoms with E-state index in [1.54, 1.807) is 0 Å². The highest BCUT2D eigenvalue weighted by atomic mass is 16.1. The molecule has 3 heteroatoms. The zero-order chi connectivity index (χ0) is 10.7. The van der Waals surface area contributed by atoms with Crippen LogP contribution in [0.4, 0.5) is 5.69 Å². The Labute approximate surface area is 84.5 Å². The Morgan fingerprint density at radius 1 is 1.29 bits per heavy atom. The van der Waals surface area contributed by atoms with Crippen LogP contribution < -0.4 is 10.6 Å². The highest BCUT2D eigenvalue weighted by Crippen LogP contribution is 2.18. The first-order chi connectivity index (χ1) is 6.52. The van der Waals surface area contributed by atoms with Crippen molar-refractivity contribution in [2.45, 2.75) is 12.8 Å². The summed E-state index contributed by atoms with van der Waals surface area (Å²) < 4.78 is 0. The first kappa shape index (κ1) is 10.6. The number of hydrogen-bond donors (Lipinski definition) is 1. The van der Waals surface area contributed by atoms with E-state index in [0.717, 1.165) is 11.3 Å². The Bertz CT molecular complexity index is 317. The van der Waals surface area contributed by atoms with Crippen LogP contribution >= 0.6 is 0 Å². The van der Waals surface area contributed by atoms with Crippen LogP contribution in [0.1, 0.15) is 18.4 Å². The third-order valence-corrected chi connectivity index (χ3v) is 2.34. The standard InChI is InChI=1S/C11H16N2O/c1-8(11(12)14)9-4-6-10(7-5-9)13(2)3/h4-8H,1-3H3,(H2,12,14). The molecule has 1 atom stereocenters. The number of primary amides is 1. The Balaban J connectivity index is 2.88. The van der Waals surface area contributed by atoms with Crippen LogP contribution in [0, 0.1) is 0 Å². The molecule has 0 saturated carbocycles. The minimum Gasteiger partial charge on any atom is -0.378 e. The van der Waals surface area contributed by atoms with Crippen molar-refractivity contribution in [2.24, 2.45) is 5.73 Å². The molecule has 1 aromatic rings. The molecule has 1 rings (SSSR count). The molecule has 14 heavy (non-hydrogen) atoms. The summed E-state index contributed by atoms with van der Waals surface area (Å²) in [5, 5.41) is 0. The van der Waals surface area contributed by atoms with E-state index in [1.165, 1.54) is 0 Å². The normalized spacial score (nSPS) is 12.2. The molecule has 0 heterocycles. The van der Waals surface area contributed by atoms with Crippen LogP contribution in [0.3, 0.4) is 0 Å². The van der Waals surface area contributed by atoms with Crippen molar-refractivity contribution in [3.63, 3.8) is 0 Å². The summed E-state index contributed by atoms with van der Waals surface area (Å²) in [7, 11) is 3.96. The highest BCUT2D eigenvalue weighted by Gasteiger charge is 2.10. The van der Waals surface area contributed by atoms with Gasteiger partial charge in [0.15, 0.2) is 0 Å². The van der Waals surface area contributed by atoms with Crippen molar-refractivity contribution in [1.82, 2.24) is 0 Å². The van der Waals surface area contributed by atoms with E-state index in [-0.39, 0.29) is 11.8 Å². The summed E-state index contributed by atoms with van der Waals surface area (Å²) in [6.07, 6.45) is 0. The summed E-state index contributed by atoms with van der Waals surface area (Å²) in [4.78, 5) is 12.9. The van der Waals surface area contributed by atoms with Crippen molar-refractivity contribution in [3.8, 4) is 0 Å². The van der Waals surface area contributed by atoms with Gasteiger partial charge in [0.25, 0.3) is 0 Å². The lowest BCUT2D eigenvalue weighted by molar-refractivity contribution is -0.119. The topological polar surface area (TPSA) is 46.3 Å². The van der Waals surface area contributed by atoms with Gasteiger partial charge in [-0.15, -0.1) is 0 Å². The number of carbonyl (C=O) groups is 1.